The van der Waals surface area contributed by atoms with E-state index in [0.717, 1.165) is 37.7 Å². The van der Waals surface area contributed by atoms with Gasteiger partial charge in [0.05, 0.1) is 26.5 Å². The molecular weight excluding hydrogens is 545 g/mol. The molecule has 7 nitrogen and oxygen atoms in total. The van der Waals surface area contributed by atoms with Crippen molar-refractivity contribution in [3.63, 3.8) is 0 Å². The number of carbonyl (C=O) groups is 2. The Morgan fingerprint density at radius 1 is 1.12 bits per heavy atom. The molecule has 0 aliphatic heterocycles. The van der Waals surface area contributed by atoms with Gasteiger partial charge in [-0.05, 0) is 37.0 Å². The Balaban J connectivity index is 1.42. The second-order valence-corrected chi connectivity index (χ2v) is 10.9. The smallest absolute Gasteiger partial charge is 0.321 e. The predicted molar refractivity (Wildman–Crippen MR) is 135 cm³/mol. The number of carbonyl (C=O) groups excluding carboxylic acids is 1. The van der Waals surface area contributed by atoms with Crippen molar-refractivity contribution in [1.29, 1.82) is 0 Å². The van der Waals surface area contributed by atoms with E-state index in [2.05, 4.69) is 31.5 Å². The SMILES string of the molecule is O=C(Nc1ccc(C[C@H](NC2C(Br)C(O)C23CCCCC3)C(=O)O)cc1)c1c(Cl)cncc1Cl. The first-order valence-electron chi connectivity index (χ1n) is 11.2. The number of pyridine rings is 1. The van der Waals surface area contributed by atoms with Crippen LogP contribution in [0.25, 0.3) is 0 Å². The minimum atomic E-state index is -0.939. The van der Waals surface area contributed by atoms with Gasteiger partial charge in [0.1, 0.15) is 6.04 Å². The fourth-order valence-corrected chi connectivity index (χ4v) is 6.91. The van der Waals surface area contributed by atoms with Crippen LogP contribution in [-0.2, 0) is 11.2 Å². The summed E-state index contributed by atoms with van der Waals surface area (Å²) in [5.41, 5.74) is 1.22. The van der Waals surface area contributed by atoms with Crippen LogP contribution in [0.4, 0.5) is 5.69 Å². The van der Waals surface area contributed by atoms with Gasteiger partial charge < -0.3 is 15.5 Å². The standard InChI is InChI=1S/C24H26BrCl2N3O4/c25-19-20(24(21(19)31)8-2-1-3-9-24)30-17(23(33)34)10-13-4-6-14(7-5-13)29-22(32)18-15(26)11-28-12-16(18)27/h4-7,11-12,17,19-21,30-31H,1-3,8-10H2,(H,29,32)(H,33,34)/t17-,19?,20?,21?/m0/s1. The van der Waals surface area contributed by atoms with E-state index >= 15 is 0 Å². The van der Waals surface area contributed by atoms with Gasteiger partial charge in [-0.3, -0.25) is 19.9 Å². The lowest BCUT2D eigenvalue weighted by molar-refractivity contribution is -0.144. The van der Waals surface area contributed by atoms with E-state index in [-0.39, 0.29) is 38.3 Å². The number of aliphatic hydroxyl groups excluding tert-OH is 1. The minimum Gasteiger partial charge on any atom is -0.480 e. The first kappa shape index (κ1) is 25.4. The molecule has 10 heteroatoms. The summed E-state index contributed by atoms with van der Waals surface area (Å²) in [6.45, 7) is 0. The topological polar surface area (TPSA) is 112 Å². The van der Waals surface area contributed by atoms with Crippen molar-refractivity contribution in [2.75, 3.05) is 5.32 Å². The van der Waals surface area contributed by atoms with Gasteiger partial charge in [0.2, 0.25) is 0 Å². The Hall–Kier alpha value is -1.71. The second-order valence-electron chi connectivity index (χ2n) is 9.05. The molecule has 4 rings (SSSR count). The number of aliphatic carboxylic acids is 1. The Bertz CT molecular complexity index is 1040. The lowest BCUT2D eigenvalue weighted by Gasteiger charge is -2.60. The number of hydrogen-bond acceptors (Lipinski definition) is 5. The number of halogens is 3. The van der Waals surface area contributed by atoms with Gasteiger partial charge in [-0.2, -0.15) is 0 Å². The summed E-state index contributed by atoms with van der Waals surface area (Å²) in [7, 11) is 0. The number of nitrogens with zero attached hydrogens (tertiary/aromatic N) is 1. The maximum atomic E-state index is 12.6. The first-order chi connectivity index (χ1) is 16.2. The van der Waals surface area contributed by atoms with Gasteiger partial charge >= 0.3 is 5.97 Å². The number of amides is 1. The molecule has 0 radical (unpaired) electrons. The predicted octanol–water partition coefficient (Wildman–Crippen LogP) is 4.68. The highest BCUT2D eigenvalue weighted by Gasteiger charge is 2.60. The average Bonchev–Trinajstić information content (AvgIpc) is 2.82. The Morgan fingerprint density at radius 2 is 1.74 bits per heavy atom. The summed E-state index contributed by atoms with van der Waals surface area (Å²) < 4.78 is 0. The second kappa shape index (κ2) is 10.5. The number of aromatic nitrogens is 1. The van der Waals surface area contributed by atoms with E-state index in [9.17, 15) is 19.8 Å². The van der Waals surface area contributed by atoms with Gasteiger partial charge in [-0.15, -0.1) is 0 Å². The summed E-state index contributed by atoms with van der Waals surface area (Å²) >= 11 is 15.6. The molecule has 4 atom stereocenters. The number of alkyl halides is 1. The number of carboxylic acids is 1. The van der Waals surface area contributed by atoms with Crippen LogP contribution >= 0.6 is 39.1 Å². The van der Waals surface area contributed by atoms with Gasteiger partial charge in [-0.1, -0.05) is 70.5 Å². The number of benzene rings is 1. The number of carboxylic acid groups (broad SMARTS) is 1. The van der Waals surface area contributed by atoms with E-state index in [1.165, 1.54) is 12.4 Å². The molecule has 1 amide bonds. The third kappa shape index (κ3) is 4.97. The van der Waals surface area contributed by atoms with E-state index in [0.29, 0.717) is 5.69 Å². The van der Waals surface area contributed by atoms with Gasteiger partial charge in [0.15, 0.2) is 0 Å². The number of nitrogens with one attached hydrogen (secondary N) is 2. The molecule has 2 aromatic rings. The molecule has 1 heterocycles. The van der Waals surface area contributed by atoms with Crippen molar-refractivity contribution in [3.8, 4) is 0 Å². The fourth-order valence-electron chi connectivity index (χ4n) is 5.17. The molecule has 4 N–H and O–H groups in total. The molecule has 2 aliphatic carbocycles. The zero-order valence-electron chi connectivity index (χ0n) is 18.3. The summed E-state index contributed by atoms with van der Waals surface area (Å²) in [4.78, 5) is 28.3. The summed E-state index contributed by atoms with van der Waals surface area (Å²) in [5, 5.41) is 26.9. The number of aliphatic hydroxyl groups is 1. The lowest BCUT2D eigenvalue weighted by atomic mass is 9.55. The zero-order chi connectivity index (χ0) is 24.5. The Kier molecular flexibility index (Phi) is 7.84. The van der Waals surface area contributed by atoms with Crippen molar-refractivity contribution in [1.82, 2.24) is 10.3 Å². The number of hydrogen-bond donors (Lipinski definition) is 4. The number of anilines is 1. The molecule has 2 aliphatic rings. The molecule has 1 aromatic carbocycles. The average molecular weight is 571 g/mol. The normalized spacial score (nSPS) is 24.3. The highest BCUT2D eigenvalue weighted by Crippen LogP contribution is 2.54. The molecule has 1 spiro atoms. The van der Waals surface area contributed by atoms with E-state index < -0.39 is 24.0 Å². The van der Waals surface area contributed by atoms with Crippen molar-refractivity contribution in [2.45, 2.75) is 61.5 Å². The fraction of sp³-hybridized carbons (Fsp3) is 0.458. The van der Waals surface area contributed by atoms with Gasteiger partial charge in [0, 0.05) is 29.5 Å². The summed E-state index contributed by atoms with van der Waals surface area (Å²) in [6, 6.07) is 6.07. The monoisotopic (exact) mass is 569 g/mol. The highest BCUT2D eigenvalue weighted by atomic mass is 79.9. The molecule has 0 bridgehead atoms. The van der Waals surface area contributed by atoms with Crippen molar-refractivity contribution >= 4 is 56.7 Å². The van der Waals surface area contributed by atoms with Crippen LogP contribution in [-0.4, -0.2) is 50.1 Å². The van der Waals surface area contributed by atoms with E-state index in [1.807, 2.05) is 0 Å². The van der Waals surface area contributed by atoms with E-state index in [4.69, 9.17) is 23.2 Å². The molecule has 0 saturated heterocycles. The van der Waals surface area contributed by atoms with Gasteiger partial charge in [0.25, 0.3) is 5.91 Å². The van der Waals surface area contributed by atoms with Crippen LogP contribution < -0.4 is 10.6 Å². The van der Waals surface area contributed by atoms with Crippen LogP contribution in [0.3, 0.4) is 0 Å². The highest BCUT2D eigenvalue weighted by molar-refractivity contribution is 9.09. The van der Waals surface area contributed by atoms with Gasteiger partial charge in [-0.25, -0.2) is 0 Å². The van der Waals surface area contributed by atoms with Crippen LogP contribution in [0.2, 0.25) is 10.0 Å². The lowest BCUT2D eigenvalue weighted by Crippen LogP contribution is -2.73. The third-order valence-electron chi connectivity index (χ3n) is 7.02. The van der Waals surface area contributed by atoms with Crippen LogP contribution in [0.1, 0.15) is 48.0 Å². The molecule has 2 saturated carbocycles. The largest absolute Gasteiger partial charge is 0.480 e. The van der Waals surface area contributed by atoms with E-state index in [1.54, 1.807) is 24.3 Å². The first-order valence-corrected chi connectivity index (χ1v) is 12.9. The Morgan fingerprint density at radius 3 is 2.32 bits per heavy atom. The third-order valence-corrected chi connectivity index (χ3v) is 8.63. The molecular formula is C24H26BrCl2N3O4. The van der Waals surface area contributed by atoms with Crippen LogP contribution in [0.5, 0.6) is 0 Å². The zero-order valence-corrected chi connectivity index (χ0v) is 21.4. The maximum Gasteiger partial charge on any atom is 0.321 e. The Labute approximate surface area is 216 Å². The molecule has 3 unspecified atom stereocenters. The molecule has 182 valence electrons. The van der Waals surface area contributed by atoms with Crippen molar-refractivity contribution < 1.29 is 19.8 Å². The summed E-state index contributed by atoms with van der Waals surface area (Å²) in [6.07, 6.45) is 7.56. The van der Waals surface area contributed by atoms with Crippen molar-refractivity contribution in [2.24, 2.45) is 5.41 Å². The summed E-state index contributed by atoms with van der Waals surface area (Å²) in [5.74, 6) is -1.40. The molecule has 34 heavy (non-hydrogen) atoms. The van der Waals surface area contributed by atoms with Crippen LogP contribution in [0.15, 0.2) is 36.7 Å². The minimum absolute atomic E-state index is 0.0997. The van der Waals surface area contributed by atoms with Crippen molar-refractivity contribution in [3.05, 3.63) is 57.8 Å². The quantitative estimate of drug-likeness (QED) is 0.360. The molecule has 2 fully saturated rings. The molecule has 1 aromatic heterocycles. The maximum absolute atomic E-state index is 12.6. The number of rotatable bonds is 7. The van der Waals surface area contributed by atoms with Crippen LogP contribution in [0, 0.1) is 5.41 Å².